The predicted molar refractivity (Wildman–Crippen MR) is 238 cm³/mol. The highest BCUT2D eigenvalue weighted by Crippen LogP contribution is 2.68. The second-order valence-electron chi connectivity index (χ2n) is 20.4. The second kappa shape index (κ2) is 18.6. The van der Waals surface area contributed by atoms with E-state index in [1.165, 1.54) is 18.3 Å². The Bertz CT molecular complexity index is 2200. The zero-order chi connectivity index (χ0) is 45.7. The molecule has 1 aliphatic heterocycles. The van der Waals surface area contributed by atoms with Gasteiger partial charge in [0, 0.05) is 44.2 Å². The number of piperidine rings is 1. The molecule has 4 aliphatic carbocycles. The number of nitrogens with zero attached hydrogens (tertiary/aromatic N) is 2. The average molecular weight is 907 g/mol. The minimum atomic E-state index is -0.962. The lowest BCUT2D eigenvalue weighted by Gasteiger charge is -2.63. The summed E-state index contributed by atoms with van der Waals surface area (Å²) in [6.45, 7) is 8.87. The van der Waals surface area contributed by atoms with E-state index in [-0.39, 0.29) is 101 Å². The zero-order valence-corrected chi connectivity index (χ0v) is 38.2. The average Bonchev–Trinajstić information content (AvgIpc) is 3.86. The highest BCUT2D eigenvalue weighted by atomic mass is 35.5. The Balaban J connectivity index is 0.809. The summed E-state index contributed by atoms with van der Waals surface area (Å²) >= 11 is 6.03. The third kappa shape index (κ3) is 9.18. The van der Waals surface area contributed by atoms with Crippen LogP contribution >= 0.6 is 11.6 Å². The van der Waals surface area contributed by atoms with Gasteiger partial charge in [0.05, 0.1) is 30.0 Å². The van der Waals surface area contributed by atoms with Gasteiger partial charge in [0.15, 0.2) is 0 Å². The van der Waals surface area contributed by atoms with Crippen molar-refractivity contribution in [2.75, 3.05) is 13.1 Å². The number of hydrogen-bond donors (Lipinski definition) is 6. The molecule has 5 aliphatic rings. The molecule has 2 aromatic heterocycles. The van der Waals surface area contributed by atoms with Crippen LogP contribution in [0.1, 0.15) is 114 Å². The minimum Gasteiger partial charge on any atom is -0.461 e. The lowest BCUT2D eigenvalue weighted by Crippen LogP contribution is -2.62. The van der Waals surface area contributed by atoms with E-state index in [1.54, 1.807) is 36.1 Å². The number of pyridine rings is 1. The van der Waals surface area contributed by atoms with Crippen molar-refractivity contribution in [2.24, 2.45) is 46.3 Å². The van der Waals surface area contributed by atoms with Crippen molar-refractivity contribution < 1.29 is 43.6 Å². The van der Waals surface area contributed by atoms with Gasteiger partial charge < -0.3 is 40.6 Å². The molecule has 5 fully saturated rings. The molecular formula is C49H65ClFN5O8. The molecular weight excluding hydrogens is 841 g/mol. The van der Waals surface area contributed by atoms with Crippen LogP contribution in [0, 0.1) is 52.2 Å². The monoisotopic (exact) mass is 905 g/mol. The van der Waals surface area contributed by atoms with Gasteiger partial charge in [-0.15, -0.1) is 0 Å². The summed E-state index contributed by atoms with van der Waals surface area (Å²) in [5.41, 5.74) is 1.15. The standard InChI is InChI=1S/C49H65ClFN5O8/c1-26(34-10-11-35-44-36(24-41(59)49(34,35)4)48(3)16-13-32(57)22-30(48)23-40(44)58)5-12-43(60)53-27(2)47(63)64-33-14-17-56(18-15-33)46(62)38(19-28-6-8-31(51)9-7-28)55-45(61)37-20-29-21-42(50)52-25-39(29)54-37/h6-9,20-21,25-27,30,32-36,38,40-41,44,54,57-59H,5,10-19,22-24H2,1-4H3,(H,53,60)(H,55,61)/t26-,27+,30+,32-,34-,35?,36?,38+,40-,41+,44?,48+,49-/m1/s1. The molecule has 4 saturated carbocycles. The number of H-pyrrole nitrogens is 1. The van der Waals surface area contributed by atoms with Crippen molar-refractivity contribution in [1.29, 1.82) is 0 Å². The summed E-state index contributed by atoms with van der Waals surface area (Å²) < 4.78 is 19.5. The first-order chi connectivity index (χ1) is 30.4. The van der Waals surface area contributed by atoms with Crippen LogP contribution in [0.15, 0.2) is 42.6 Å². The van der Waals surface area contributed by atoms with Gasteiger partial charge in [-0.1, -0.05) is 44.5 Å². The number of fused-ring (bicyclic) bond motifs is 6. The van der Waals surface area contributed by atoms with Crippen molar-refractivity contribution in [3.05, 3.63) is 64.8 Å². The number of aromatic amines is 1. The van der Waals surface area contributed by atoms with Crippen LogP contribution < -0.4 is 10.6 Å². The first-order valence-electron chi connectivity index (χ1n) is 23.5. The number of likely N-dealkylation sites (tertiary alicyclic amines) is 1. The Morgan fingerprint density at radius 1 is 0.969 bits per heavy atom. The van der Waals surface area contributed by atoms with Crippen molar-refractivity contribution in [1.82, 2.24) is 25.5 Å². The molecule has 13 nitrogen and oxygen atoms in total. The number of aliphatic hydroxyl groups excluding tert-OH is 3. The first-order valence-corrected chi connectivity index (χ1v) is 23.8. The van der Waals surface area contributed by atoms with Gasteiger partial charge in [-0.25, -0.2) is 14.2 Å². The van der Waals surface area contributed by atoms with Crippen LogP contribution in [-0.4, -0.2) is 103 Å². The molecule has 3 amide bonds. The van der Waals surface area contributed by atoms with Crippen molar-refractivity contribution in [3.63, 3.8) is 0 Å². The van der Waals surface area contributed by atoms with E-state index in [1.807, 2.05) is 0 Å². The molecule has 15 heteroatoms. The highest BCUT2D eigenvalue weighted by Gasteiger charge is 2.65. The van der Waals surface area contributed by atoms with E-state index in [2.05, 4.69) is 41.4 Å². The predicted octanol–water partition coefficient (Wildman–Crippen LogP) is 6.11. The fourth-order valence-electron chi connectivity index (χ4n) is 13.2. The van der Waals surface area contributed by atoms with Gasteiger partial charge >= 0.3 is 5.97 Å². The fraction of sp³-hybridized carbons (Fsp3) is 0.653. The van der Waals surface area contributed by atoms with Crippen LogP contribution in [0.2, 0.25) is 5.15 Å². The van der Waals surface area contributed by atoms with Crippen molar-refractivity contribution in [2.45, 2.75) is 141 Å². The highest BCUT2D eigenvalue weighted by molar-refractivity contribution is 6.30. The number of aliphatic hydroxyl groups is 3. The fourth-order valence-corrected chi connectivity index (χ4v) is 13.3. The van der Waals surface area contributed by atoms with Gasteiger partial charge in [0.25, 0.3) is 5.91 Å². The number of halogens is 2. The number of hydrogen-bond acceptors (Lipinski definition) is 9. The molecule has 3 heterocycles. The Labute approximate surface area is 379 Å². The summed E-state index contributed by atoms with van der Waals surface area (Å²) in [5, 5.41) is 40.6. The lowest BCUT2D eigenvalue weighted by molar-refractivity contribution is -0.207. The van der Waals surface area contributed by atoms with Gasteiger partial charge in [-0.3, -0.25) is 14.4 Å². The van der Waals surface area contributed by atoms with E-state index < -0.39 is 48.1 Å². The summed E-state index contributed by atoms with van der Waals surface area (Å²) in [6, 6.07) is 7.19. The minimum absolute atomic E-state index is 0.00768. The molecule has 1 aromatic carbocycles. The summed E-state index contributed by atoms with van der Waals surface area (Å²) in [4.78, 5) is 62.6. The number of nitrogens with one attached hydrogen (secondary N) is 3. The largest absolute Gasteiger partial charge is 0.461 e. The van der Waals surface area contributed by atoms with E-state index in [0.717, 1.165) is 32.1 Å². The molecule has 3 aromatic rings. The Morgan fingerprint density at radius 2 is 1.70 bits per heavy atom. The maximum absolute atomic E-state index is 14.0. The number of amides is 3. The molecule has 0 radical (unpaired) electrons. The normalized spacial score (nSPS) is 33.0. The third-order valence-electron chi connectivity index (χ3n) is 16.8. The van der Waals surface area contributed by atoms with Gasteiger partial charge in [-0.05, 0) is 134 Å². The molecule has 8 rings (SSSR count). The molecule has 0 bridgehead atoms. The van der Waals surface area contributed by atoms with Crippen LogP contribution in [0.3, 0.4) is 0 Å². The molecule has 1 saturated heterocycles. The Kier molecular flexibility index (Phi) is 13.5. The van der Waals surface area contributed by atoms with E-state index in [4.69, 9.17) is 16.3 Å². The number of aromatic nitrogens is 2. The molecule has 348 valence electrons. The third-order valence-corrected chi connectivity index (χ3v) is 17.0. The summed E-state index contributed by atoms with van der Waals surface area (Å²) in [7, 11) is 0. The smallest absolute Gasteiger partial charge is 0.328 e. The van der Waals surface area contributed by atoms with Crippen LogP contribution in [0.4, 0.5) is 4.39 Å². The molecule has 3 unspecified atom stereocenters. The maximum atomic E-state index is 14.0. The number of esters is 1. The maximum Gasteiger partial charge on any atom is 0.328 e. The van der Waals surface area contributed by atoms with E-state index >= 15 is 0 Å². The van der Waals surface area contributed by atoms with E-state index in [0.29, 0.717) is 48.6 Å². The number of carbonyl (C=O) groups excluding carboxylic acids is 4. The van der Waals surface area contributed by atoms with Gasteiger partial charge in [0.2, 0.25) is 11.8 Å². The SMILES string of the molecule is C[C@H](NC(=O)CC[C@@H](C)[C@H]1CCC2C3C(C[C@H](O)[C@@]21C)[C@@]1(C)CC[C@@H](O)C[C@H]1C[C@H]3O)C(=O)OC1CCN(C(=O)[C@H](Cc2ccc(F)cc2)NC(=O)c2cc3cc(Cl)ncc3[nH]2)CC1. The molecule has 13 atom stereocenters. The Morgan fingerprint density at radius 3 is 2.44 bits per heavy atom. The van der Waals surface area contributed by atoms with Gasteiger partial charge in [-0.2, -0.15) is 0 Å². The topological polar surface area (TPSA) is 194 Å². The number of rotatable bonds is 12. The summed E-state index contributed by atoms with van der Waals surface area (Å²) in [6.07, 6.45) is 7.19. The van der Waals surface area contributed by atoms with Crippen LogP contribution in [0.25, 0.3) is 10.9 Å². The van der Waals surface area contributed by atoms with Crippen LogP contribution in [-0.2, 0) is 25.5 Å². The molecule has 64 heavy (non-hydrogen) atoms. The van der Waals surface area contributed by atoms with E-state index in [9.17, 15) is 38.9 Å². The Hall–Kier alpha value is -4.11. The number of benzene rings is 1. The van der Waals surface area contributed by atoms with Crippen molar-refractivity contribution in [3.8, 4) is 0 Å². The zero-order valence-electron chi connectivity index (χ0n) is 37.4. The van der Waals surface area contributed by atoms with Crippen LogP contribution in [0.5, 0.6) is 0 Å². The van der Waals surface area contributed by atoms with Gasteiger partial charge in [0.1, 0.15) is 34.9 Å². The lowest BCUT2D eigenvalue weighted by atomic mass is 9.43. The molecule has 6 N–H and O–H groups in total. The quantitative estimate of drug-likeness (QED) is 0.0919. The second-order valence-corrected chi connectivity index (χ2v) is 20.8. The molecule has 0 spiro atoms. The number of carbonyl (C=O) groups is 4. The number of ether oxygens (including phenoxy) is 1. The van der Waals surface area contributed by atoms with Crippen molar-refractivity contribution >= 4 is 46.2 Å². The first kappa shape index (κ1) is 46.4. The summed E-state index contributed by atoms with van der Waals surface area (Å²) in [5.74, 6) is -0.886.